The van der Waals surface area contributed by atoms with Gasteiger partial charge < -0.3 is 10.3 Å². The highest BCUT2D eigenvalue weighted by Crippen LogP contribution is 2.16. The predicted octanol–water partition coefficient (Wildman–Crippen LogP) is 3.94. The smallest absolute Gasteiger partial charge is 0.137 e. The van der Waals surface area contributed by atoms with E-state index >= 15 is 0 Å². The van der Waals surface area contributed by atoms with Crippen LogP contribution in [0.4, 0.5) is 0 Å². The van der Waals surface area contributed by atoms with Crippen LogP contribution in [0.25, 0.3) is 11.0 Å². The highest BCUT2D eigenvalue weighted by atomic mass is 35.5. The third-order valence-electron chi connectivity index (χ3n) is 3.61. The molecule has 0 aliphatic rings. The van der Waals surface area contributed by atoms with Crippen LogP contribution in [0, 0.1) is 0 Å². The van der Waals surface area contributed by atoms with Crippen molar-refractivity contribution in [2.75, 3.05) is 0 Å². The van der Waals surface area contributed by atoms with E-state index < -0.39 is 0 Å². The first-order chi connectivity index (χ1) is 10.2. The number of H-pyrrole nitrogens is 1. The van der Waals surface area contributed by atoms with E-state index in [1.54, 1.807) is 6.20 Å². The number of hydrogen-bond acceptors (Lipinski definition) is 2. The standard InChI is InChI=1S/C17H18ClN3/c1-12(8-13-4-2-5-15(18)9-13)20-10-14-11-21-17-16(14)6-3-7-19-17/h2-7,9,11-12,20H,8,10H2,1H3,(H,19,21). The Bertz CT molecular complexity index is 735. The summed E-state index contributed by atoms with van der Waals surface area (Å²) in [6.07, 6.45) is 4.79. The lowest BCUT2D eigenvalue weighted by molar-refractivity contribution is 0.547. The Balaban J connectivity index is 1.62. The minimum Gasteiger partial charge on any atom is -0.346 e. The normalized spacial score (nSPS) is 12.7. The van der Waals surface area contributed by atoms with E-state index in [0.29, 0.717) is 6.04 Å². The van der Waals surface area contributed by atoms with Crippen molar-refractivity contribution in [2.24, 2.45) is 0 Å². The number of aromatic nitrogens is 2. The summed E-state index contributed by atoms with van der Waals surface area (Å²) in [6.45, 7) is 3.02. The number of rotatable bonds is 5. The molecule has 108 valence electrons. The van der Waals surface area contributed by atoms with E-state index in [4.69, 9.17) is 11.6 Å². The molecule has 0 saturated carbocycles. The number of halogens is 1. The van der Waals surface area contributed by atoms with Crippen LogP contribution < -0.4 is 5.32 Å². The van der Waals surface area contributed by atoms with Gasteiger partial charge in [0.15, 0.2) is 0 Å². The van der Waals surface area contributed by atoms with Crippen molar-refractivity contribution in [1.82, 2.24) is 15.3 Å². The molecule has 0 saturated heterocycles. The molecule has 3 rings (SSSR count). The Hall–Kier alpha value is -1.84. The molecule has 2 N–H and O–H groups in total. The van der Waals surface area contributed by atoms with Crippen LogP contribution in [0.2, 0.25) is 5.02 Å². The van der Waals surface area contributed by atoms with Gasteiger partial charge in [-0.1, -0.05) is 23.7 Å². The molecule has 3 aromatic rings. The van der Waals surface area contributed by atoms with Gasteiger partial charge in [0, 0.05) is 35.4 Å². The van der Waals surface area contributed by atoms with Crippen molar-refractivity contribution in [3.8, 4) is 0 Å². The molecular formula is C17H18ClN3. The SMILES string of the molecule is CC(Cc1cccc(Cl)c1)NCc1c[nH]c2ncccc12. The van der Waals surface area contributed by atoms with Crippen molar-refractivity contribution in [3.05, 3.63) is 64.9 Å². The molecule has 4 heteroatoms. The van der Waals surface area contributed by atoms with Crippen molar-refractivity contribution < 1.29 is 0 Å². The van der Waals surface area contributed by atoms with Crippen LogP contribution in [0.15, 0.2) is 48.8 Å². The zero-order valence-electron chi connectivity index (χ0n) is 11.9. The van der Waals surface area contributed by atoms with Crippen molar-refractivity contribution in [2.45, 2.75) is 25.9 Å². The van der Waals surface area contributed by atoms with Crippen molar-refractivity contribution >= 4 is 22.6 Å². The van der Waals surface area contributed by atoms with Crippen LogP contribution in [0.5, 0.6) is 0 Å². The number of benzene rings is 1. The first-order valence-corrected chi connectivity index (χ1v) is 7.49. The fourth-order valence-corrected chi connectivity index (χ4v) is 2.75. The summed E-state index contributed by atoms with van der Waals surface area (Å²) in [5, 5.41) is 5.53. The minimum atomic E-state index is 0.380. The largest absolute Gasteiger partial charge is 0.346 e. The molecule has 1 unspecified atom stereocenters. The minimum absolute atomic E-state index is 0.380. The number of pyridine rings is 1. The van der Waals surface area contributed by atoms with Crippen molar-refractivity contribution in [3.63, 3.8) is 0 Å². The number of aromatic amines is 1. The van der Waals surface area contributed by atoms with E-state index in [9.17, 15) is 0 Å². The molecule has 2 heterocycles. The summed E-state index contributed by atoms with van der Waals surface area (Å²) in [4.78, 5) is 7.51. The average Bonchev–Trinajstić information content (AvgIpc) is 2.88. The van der Waals surface area contributed by atoms with Gasteiger partial charge in [-0.3, -0.25) is 0 Å². The molecular weight excluding hydrogens is 282 g/mol. The Morgan fingerprint density at radius 2 is 2.19 bits per heavy atom. The quantitative estimate of drug-likeness (QED) is 0.749. The first-order valence-electron chi connectivity index (χ1n) is 7.11. The fraction of sp³-hybridized carbons (Fsp3) is 0.235. The van der Waals surface area contributed by atoms with Crippen molar-refractivity contribution in [1.29, 1.82) is 0 Å². The molecule has 0 radical (unpaired) electrons. The summed E-state index contributed by atoms with van der Waals surface area (Å²) in [5.74, 6) is 0. The fourth-order valence-electron chi connectivity index (χ4n) is 2.53. The zero-order valence-corrected chi connectivity index (χ0v) is 12.7. The van der Waals surface area contributed by atoms with Gasteiger partial charge in [-0.05, 0) is 48.7 Å². The Morgan fingerprint density at radius 3 is 3.05 bits per heavy atom. The summed E-state index contributed by atoms with van der Waals surface area (Å²) in [7, 11) is 0. The van der Waals surface area contributed by atoms with Gasteiger partial charge in [-0.25, -0.2) is 4.98 Å². The molecule has 0 fully saturated rings. The maximum Gasteiger partial charge on any atom is 0.137 e. The number of hydrogen-bond donors (Lipinski definition) is 2. The average molecular weight is 300 g/mol. The molecule has 1 aromatic carbocycles. The Labute approximate surface area is 129 Å². The monoisotopic (exact) mass is 299 g/mol. The predicted molar refractivity (Wildman–Crippen MR) is 87.6 cm³/mol. The zero-order chi connectivity index (χ0) is 14.7. The third-order valence-corrected chi connectivity index (χ3v) is 3.84. The second kappa shape index (κ2) is 6.29. The van der Waals surface area contributed by atoms with Gasteiger partial charge in [0.2, 0.25) is 0 Å². The molecule has 0 amide bonds. The van der Waals surface area contributed by atoms with Gasteiger partial charge in [0.1, 0.15) is 5.65 Å². The number of nitrogens with zero attached hydrogens (tertiary/aromatic N) is 1. The van der Waals surface area contributed by atoms with E-state index in [1.807, 2.05) is 30.5 Å². The van der Waals surface area contributed by atoms with E-state index in [0.717, 1.165) is 23.6 Å². The molecule has 1 atom stereocenters. The molecule has 0 aliphatic heterocycles. The van der Waals surface area contributed by atoms with Gasteiger partial charge in [0.05, 0.1) is 0 Å². The van der Waals surface area contributed by atoms with Crippen LogP contribution in [-0.2, 0) is 13.0 Å². The maximum absolute atomic E-state index is 6.02. The van der Waals surface area contributed by atoms with E-state index in [1.165, 1.54) is 16.5 Å². The van der Waals surface area contributed by atoms with Gasteiger partial charge in [-0.2, -0.15) is 0 Å². The molecule has 3 nitrogen and oxygen atoms in total. The summed E-state index contributed by atoms with van der Waals surface area (Å²) in [6, 6.07) is 12.5. The lowest BCUT2D eigenvalue weighted by atomic mass is 10.1. The Morgan fingerprint density at radius 1 is 1.29 bits per heavy atom. The van der Waals surface area contributed by atoms with Gasteiger partial charge in [-0.15, -0.1) is 0 Å². The van der Waals surface area contributed by atoms with E-state index in [2.05, 4.69) is 34.3 Å². The number of nitrogens with one attached hydrogen (secondary N) is 2. The number of fused-ring (bicyclic) bond motifs is 1. The summed E-state index contributed by atoms with van der Waals surface area (Å²) < 4.78 is 0. The summed E-state index contributed by atoms with van der Waals surface area (Å²) in [5.41, 5.74) is 3.44. The second-order valence-corrected chi connectivity index (χ2v) is 5.77. The van der Waals surface area contributed by atoms with Gasteiger partial charge >= 0.3 is 0 Å². The molecule has 21 heavy (non-hydrogen) atoms. The van der Waals surface area contributed by atoms with Crippen LogP contribution in [0.3, 0.4) is 0 Å². The molecule has 0 spiro atoms. The van der Waals surface area contributed by atoms with Gasteiger partial charge in [0.25, 0.3) is 0 Å². The van der Waals surface area contributed by atoms with E-state index in [-0.39, 0.29) is 0 Å². The van der Waals surface area contributed by atoms with Crippen LogP contribution in [0.1, 0.15) is 18.1 Å². The maximum atomic E-state index is 6.02. The highest BCUT2D eigenvalue weighted by Gasteiger charge is 2.07. The molecule has 0 bridgehead atoms. The molecule has 2 aromatic heterocycles. The van der Waals surface area contributed by atoms with Crippen LogP contribution >= 0.6 is 11.6 Å². The second-order valence-electron chi connectivity index (χ2n) is 5.33. The summed E-state index contributed by atoms with van der Waals surface area (Å²) >= 11 is 6.02. The lowest BCUT2D eigenvalue weighted by Crippen LogP contribution is -2.27. The topological polar surface area (TPSA) is 40.7 Å². The lowest BCUT2D eigenvalue weighted by Gasteiger charge is -2.13. The first kappa shape index (κ1) is 14.1. The highest BCUT2D eigenvalue weighted by molar-refractivity contribution is 6.30. The Kier molecular flexibility index (Phi) is 4.23. The molecule has 0 aliphatic carbocycles. The van der Waals surface area contributed by atoms with Crippen LogP contribution in [-0.4, -0.2) is 16.0 Å². The third kappa shape index (κ3) is 3.43.